The molecule has 6 rings (SSSR count). The fourth-order valence-corrected chi connectivity index (χ4v) is 6.52. The van der Waals surface area contributed by atoms with Crippen molar-refractivity contribution >= 4 is 28.3 Å². The largest absolute Gasteiger partial charge is 0.295 e. The Morgan fingerprint density at radius 3 is 1.84 bits per heavy atom. The molecule has 0 heterocycles. The average Bonchev–Trinajstić information content (AvgIpc) is 3.25. The normalized spacial score (nSPS) is 23.1. The molecule has 0 aromatic heterocycles. The third-order valence-electron chi connectivity index (χ3n) is 8.16. The lowest BCUT2D eigenvalue weighted by Gasteiger charge is -2.46. The number of carbonyl (C=O) groups excluding carboxylic acids is 2. The van der Waals surface area contributed by atoms with Gasteiger partial charge in [-0.2, -0.15) is 0 Å². The highest BCUT2D eigenvalue weighted by Gasteiger charge is 2.58. The SMILES string of the molecule is CC1=C(c2ccccc2)C(=O)[C@](c2ccccc2)([C@@H]2C(c3ccccc3)=CC(=O)[C@H]2C)c2ccccc21. The Kier molecular flexibility index (Phi) is 5.61. The highest BCUT2D eigenvalue weighted by atomic mass is 16.1. The van der Waals surface area contributed by atoms with E-state index in [1.165, 1.54) is 0 Å². The molecule has 0 amide bonds. The summed E-state index contributed by atoms with van der Waals surface area (Å²) in [5.74, 6) is -0.598. The molecular weight excluding hydrogens is 452 g/mol. The quantitative estimate of drug-likeness (QED) is 0.305. The molecule has 0 aliphatic heterocycles. The van der Waals surface area contributed by atoms with Gasteiger partial charge in [-0.15, -0.1) is 0 Å². The molecule has 180 valence electrons. The zero-order valence-corrected chi connectivity index (χ0v) is 21.0. The molecule has 0 saturated carbocycles. The van der Waals surface area contributed by atoms with Crippen molar-refractivity contribution < 1.29 is 9.59 Å². The number of hydrogen-bond acceptors (Lipinski definition) is 2. The molecule has 0 fully saturated rings. The van der Waals surface area contributed by atoms with Crippen LogP contribution >= 0.6 is 0 Å². The Bertz CT molecular complexity index is 1560. The van der Waals surface area contributed by atoms with Crippen molar-refractivity contribution in [3.05, 3.63) is 149 Å². The van der Waals surface area contributed by atoms with E-state index in [2.05, 4.69) is 24.3 Å². The first kappa shape index (κ1) is 23.1. The maximum absolute atomic E-state index is 15.2. The fourth-order valence-electron chi connectivity index (χ4n) is 6.52. The van der Waals surface area contributed by atoms with E-state index in [4.69, 9.17) is 0 Å². The van der Waals surface area contributed by atoms with E-state index in [1.807, 2.05) is 105 Å². The summed E-state index contributed by atoms with van der Waals surface area (Å²) < 4.78 is 0. The van der Waals surface area contributed by atoms with Gasteiger partial charge in [0.25, 0.3) is 0 Å². The van der Waals surface area contributed by atoms with Gasteiger partial charge in [0.2, 0.25) is 0 Å². The lowest BCUT2D eigenvalue weighted by molar-refractivity contribution is -0.121. The van der Waals surface area contributed by atoms with Gasteiger partial charge in [-0.05, 0) is 52.0 Å². The highest BCUT2D eigenvalue weighted by Crippen LogP contribution is 2.57. The van der Waals surface area contributed by atoms with Crippen molar-refractivity contribution in [1.82, 2.24) is 0 Å². The number of fused-ring (bicyclic) bond motifs is 1. The lowest BCUT2D eigenvalue weighted by Crippen LogP contribution is -2.49. The molecule has 2 nitrogen and oxygen atoms in total. The Balaban J connectivity index is 1.73. The molecule has 2 heteroatoms. The fraction of sp³-hybridized carbons (Fsp3) is 0.143. The van der Waals surface area contributed by atoms with Crippen molar-refractivity contribution in [3.8, 4) is 0 Å². The topological polar surface area (TPSA) is 34.1 Å². The number of carbonyl (C=O) groups is 2. The van der Waals surface area contributed by atoms with Crippen LogP contribution in [0.5, 0.6) is 0 Å². The van der Waals surface area contributed by atoms with Crippen molar-refractivity contribution in [2.75, 3.05) is 0 Å². The van der Waals surface area contributed by atoms with Crippen LogP contribution in [-0.4, -0.2) is 11.6 Å². The molecule has 0 bridgehead atoms. The summed E-state index contributed by atoms with van der Waals surface area (Å²) in [5.41, 5.74) is 6.40. The van der Waals surface area contributed by atoms with Crippen molar-refractivity contribution in [2.24, 2.45) is 11.8 Å². The smallest absolute Gasteiger partial charge is 0.179 e. The minimum Gasteiger partial charge on any atom is -0.295 e. The van der Waals surface area contributed by atoms with Gasteiger partial charge in [0.1, 0.15) is 0 Å². The second kappa shape index (κ2) is 8.97. The lowest BCUT2D eigenvalue weighted by atomic mass is 9.53. The number of allylic oxidation sites excluding steroid dienone is 4. The molecule has 0 spiro atoms. The Morgan fingerprint density at radius 1 is 0.649 bits per heavy atom. The summed E-state index contributed by atoms with van der Waals surface area (Å²) in [6.07, 6.45) is 1.78. The van der Waals surface area contributed by atoms with Gasteiger partial charge >= 0.3 is 0 Å². The Morgan fingerprint density at radius 2 is 1.19 bits per heavy atom. The first-order valence-corrected chi connectivity index (χ1v) is 12.8. The van der Waals surface area contributed by atoms with Gasteiger partial charge in [0.15, 0.2) is 11.6 Å². The van der Waals surface area contributed by atoms with E-state index < -0.39 is 5.41 Å². The van der Waals surface area contributed by atoms with E-state index in [0.29, 0.717) is 0 Å². The number of Topliss-reactive ketones (excluding diaryl/α,β-unsaturated/α-hetero) is 1. The monoisotopic (exact) mass is 480 g/mol. The summed E-state index contributed by atoms with van der Waals surface area (Å²) in [6, 6.07) is 38.3. The highest BCUT2D eigenvalue weighted by molar-refractivity contribution is 6.35. The second-order valence-corrected chi connectivity index (χ2v) is 10.0. The predicted octanol–water partition coefficient (Wildman–Crippen LogP) is 7.40. The zero-order valence-electron chi connectivity index (χ0n) is 21.0. The minimum atomic E-state index is -1.06. The Labute approximate surface area is 218 Å². The molecule has 3 atom stereocenters. The summed E-state index contributed by atoms with van der Waals surface area (Å²) in [7, 11) is 0. The Hall–Kier alpha value is -4.30. The third kappa shape index (κ3) is 3.40. The second-order valence-electron chi connectivity index (χ2n) is 10.0. The van der Waals surface area contributed by atoms with Crippen LogP contribution in [-0.2, 0) is 15.0 Å². The summed E-state index contributed by atoms with van der Waals surface area (Å²) in [5, 5.41) is 0. The maximum atomic E-state index is 15.2. The number of rotatable bonds is 4. The van der Waals surface area contributed by atoms with Gasteiger partial charge in [-0.1, -0.05) is 122 Å². The third-order valence-corrected chi connectivity index (χ3v) is 8.16. The van der Waals surface area contributed by atoms with Crippen LogP contribution in [0.2, 0.25) is 0 Å². The molecule has 0 radical (unpaired) electrons. The predicted molar refractivity (Wildman–Crippen MR) is 150 cm³/mol. The van der Waals surface area contributed by atoms with Crippen LogP contribution in [0, 0.1) is 11.8 Å². The number of hydrogen-bond donors (Lipinski definition) is 0. The van der Waals surface area contributed by atoms with Crippen LogP contribution in [0.25, 0.3) is 16.7 Å². The van der Waals surface area contributed by atoms with Crippen LogP contribution in [0.15, 0.2) is 121 Å². The van der Waals surface area contributed by atoms with E-state index in [0.717, 1.165) is 44.5 Å². The number of ketones is 2. The van der Waals surface area contributed by atoms with E-state index in [-0.39, 0.29) is 23.4 Å². The summed E-state index contributed by atoms with van der Waals surface area (Å²) in [4.78, 5) is 28.7. The summed E-state index contributed by atoms with van der Waals surface area (Å²) in [6.45, 7) is 4.03. The molecule has 4 aromatic rings. The molecule has 4 aromatic carbocycles. The zero-order chi connectivity index (χ0) is 25.6. The maximum Gasteiger partial charge on any atom is 0.179 e. The first-order chi connectivity index (χ1) is 18.0. The van der Waals surface area contributed by atoms with Crippen molar-refractivity contribution in [1.29, 1.82) is 0 Å². The molecule has 2 aliphatic rings. The first-order valence-electron chi connectivity index (χ1n) is 12.8. The van der Waals surface area contributed by atoms with Gasteiger partial charge < -0.3 is 0 Å². The van der Waals surface area contributed by atoms with Crippen molar-refractivity contribution in [2.45, 2.75) is 19.3 Å². The number of benzene rings is 4. The molecule has 0 saturated heterocycles. The molecule has 37 heavy (non-hydrogen) atoms. The molecule has 0 unspecified atom stereocenters. The average molecular weight is 481 g/mol. The van der Waals surface area contributed by atoms with Gasteiger partial charge in [-0.3, -0.25) is 9.59 Å². The van der Waals surface area contributed by atoms with Crippen molar-refractivity contribution in [3.63, 3.8) is 0 Å². The summed E-state index contributed by atoms with van der Waals surface area (Å²) >= 11 is 0. The van der Waals surface area contributed by atoms with Crippen LogP contribution < -0.4 is 0 Å². The van der Waals surface area contributed by atoms with Gasteiger partial charge in [0.05, 0.1) is 5.41 Å². The van der Waals surface area contributed by atoms with Crippen LogP contribution in [0.4, 0.5) is 0 Å². The van der Waals surface area contributed by atoms with Gasteiger partial charge in [-0.25, -0.2) is 0 Å². The van der Waals surface area contributed by atoms with Crippen LogP contribution in [0.1, 0.15) is 41.7 Å². The van der Waals surface area contributed by atoms with Gasteiger partial charge in [0, 0.05) is 17.4 Å². The van der Waals surface area contributed by atoms with E-state index in [1.54, 1.807) is 6.08 Å². The van der Waals surface area contributed by atoms with Crippen LogP contribution in [0.3, 0.4) is 0 Å². The van der Waals surface area contributed by atoms with E-state index >= 15 is 4.79 Å². The minimum absolute atomic E-state index is 0.0504. The molecule has 2 aliphatic carbocycles. The van der Waals surface area contributed by atoms with E-state index in [9.17, 15) is 4.79 Å². The standard InChI is InChI=1S/C35H28O2/c1-23-28-20-12-13-21-30(28)35(27-18-10-5-11-19-27,34(37)32(23)26-16-8-4-9-17-26)33-24(2)31(36)22-29(33)25-14-6-3-7-15-25/h3-22,24,33H,1-2H3/t24-,33+,35+/m1/s1. The molecular formula is C35H28O2. The molecule has 0 N–H and O–H groups in total.